The van der Waals surface area contributed by atoms with Crippen LogP contribution >= 0.6 is 0 Å². The Balaban J connectivity index is 3.75. The second kappa shape index (κ2) is 12.1. The van der Waals surface area contributed by atoms with Crippen LogP contribution in [-0.4, -0.2) is 43.8 Å². The predicted octanol–water partition coefficient (Wildman–Crippen LogP) is 2.04. The maximum Gasteiger partial charge on any atom is 0.335 e. The van der Waals surface area contributed by atoms with Crippen LogP contribution < -0.4 is 0 Å². The van der Waals surface area contributed by atoms with Crippen molar-refractivity contribution in [1.82, 2.24) is 0 Å². The Morgan fingerprint density at radius 3 is 2.58 bits per heavy atom. The van der Waals surface area contributed by atoms with Gasteiger partial charge in [0.25, 0.3) is 0 Å². The van der Waals surface area contributed by atoms with Crippen molar-refractivity contribution >= 4 is 5.97 Å². The van der Waals surface area contributed by atoms with E-state index in [1.54, 1.807) is 6.92 Å². The molecule has 0 saturated carbocycles. The van der Waals surface area contributed by atoms with Gasteiger partial charge in [0.1, 0.15) is 6.61 Å². The Labute approximate surface area is 115 Å². The van der Waals surface area contributed by atoms with Crippen molar-refractivity contribution in [1.29, 1.82) is 0 Å². The van der Waals surface area contributed by atoms with Gasteiger partial charge in [-0.15, -0.1) is 0 Å². The Morgan fingerprint density at radius 2 is 1.95 bits per heavy atom. The maximum atomic E-state index is 11.6. The maximum absolute atomic E-state index is 11.6. The van der Waals surface area contributed by atoms with E-state index in [9.17, 15) is 9.90 Å². The predicted molar refractivity (Wildman–Crippen MR) is 72.7 cm³/mol. The topological polar surface area (TPSA) is 65.0 Å². The van der Waals surface area contributed by atoms with Crippen LogP contribution in [0.3, 0.4) is 0 Å². The Hall–Kier alpha value is -0.910. The SMILES string of the molecule is CCCC/C=C(\C)C(=O)OC(O)COCCOCC. The second-order valence-corrected chi connectivity index (χ2v) is 4.16. The first-order valence-corrected chi connectivity index (χ1v) is 6.83. The monoisotopic (exact) mass is 274 g/mol. The van der Waals surface area contributed by atoms with Gasteiger partial charge in [0.05, 0.1) is 13.2 Å². The van der Waals surface area contributed by atoms with Crippen LogP contribution in [0.5, 0.6) is 0 Å². The zero-order chi connectivity index (χ0) is 14.5. The Bertz CT molecular complexity index is 263. The van der Waals surface area contributed by atoms with E-state index in [0.717, 1.165) is 19.3 Å². The van der Waals surface area contributed by atoms with Gasteiger partial charge in [-0.2, -0.15) is 0 Å². The lowest BCUT2D eigenvalue weighted by atomic mass is 10.2. The van der Waals surface area contributed by atoms with Gasteiger partial charge in [-0.1, -0.05) is 25.8 Å². The van der Waals surface area contributed by atoms with E-state index < -0.39 is 12.3 Å². The number of ether oxygens (including phenoxy) is 3. The number of carbonyl (C=O) groups excluding carboxylic acids is 1. The Morgan fingerprint density at radius 1 is 1.26 bits per heavy atom. The molecular formula is C14H26O5. The number of carbonyl (C=O) groups is 1. The van der Waals surface area contributed by atoms with Crippen molar-refractivity contribution in [3.8, 4) is 0 Å². The third kappa shape index (κ3) is 10.7. The van der Waals surface area contributed by atoms with Crippen LogP contribution in [0, 0.1) is 0 Å². The molecule has 1 N–H and O–H groups in total. The highest BCUT2D eigenvalue weighted by molar-refractivity contribution is 5.87. The molecule has 0 aromatic rings. The number of hydrogen-bond donors (Lipinski definition) is 1. The third-order valence-electron chi connectivity index (χ3n) is 2.41. The first kappa shape index (κ1) is 18.1. The average Bonchev–Trinajstić information content (AvgIpc) is 2.38. The first-order valence-electron chi connectivity index (χ1n) is 6.83. The number of rotatable bonds is 11. The number of unbranched alkanes of at least 4 members (excludes halogenated alkanes) is 2. The lowest BCUT2D eigenvalue weighted by Crippen LogP contribution is -2.24. The fraction of sp³-hybridized carbons (Fsp3) is 0.786. The van der Waals surface area contributed by atoms with Crippen molar-refractivity contribution in [3.63, 3.8) is 0 Å². The summed E-state index contributed by atoms with van der Waals surface area (Å²) in [6.45, 7) is 7.08. The van der Waals surface area contributed by atoms with Crippen LogP contribution in [-0.2, 0) is 19.0 Å². The van der Waals surface area contributed by atoms with Crippen molar-refractivity contribution in [2.24, 2.45) is 0 Å². The number of allylic oxidation sites excluding steroid dienone is 1. The van der Waals surface area contributed by atoms with Gasteiger partial charge in [-0.3, -0.25) is 0 Å². The minimum Gasteiger partial charge on any atom is -0.430 e. The molecule has 0 aromatic carbocycles. The summed E-state index contributed by atoms with van der Waals surface area (Å²) in [6, 6.07) is 0. The number of hydrogen-bond acceptors (Lipinski definition) is 5. The molecular weight excluding hydrogens is 248 g/mol. The van der Waals surface area contributed by atoms with Crippen LogP contribution in [0.4, 0.5) is 0 Å². The van der Waals surface area contributed by atoms with E-state index in [-0.39, 0.29) is 6.61 Å². The first-order chi connectivity index (χ1) is 9.11. The standard InChI is InChI=1S/C14H26O5/c1-4-6-7-8-12(3)14(16)19-13(15)11-18-10-9-17-5-2/h8,13,15H,4-7,9-11H2,1-3H3/b12-8+. The molecule has 5 nitrogen and oxygen atoms in total. The van der Waals surface area contributed by atoms with E-state index in [4.69, 9.17) is 14.2 Å². The molecule has 5 heteroatoms. The minimum absolute atomic E-state index is 0.0406. The molecule has 0 bridgehead atoms. The van der Waals surface area contributed by atoms with Crippen molar-refractivity contribution in [2.75, 3.05) is 26.4 Å². The fourth-order valence-corrected chi connectivity index (χ4v) is 1.30. The van der Waals surface area contributed by atoms with E-state index in [0.29, 0.717) is 25.4 Å². The van der Waals surface area contributed by atoms with E-state index in [1.807, 2.05) is 13.0 Å². The highest BCUT2D eigenvalue weighted by atomic mass is 16.7. The molecule has 0 aromatic heterocycles. The molecule has 0 amide bonds. The van der Waals surface area contributed by atoms with E-state index >= 15 is 0 Å². The minimum atomic E-state index is -1.23. The summed E-state index contributed by atoms with van der Waals surface area (Å²) < 4.78 is 15.0. The highest BCUT2D eigenvalue weighted by Gasteiger charge is 2.12. The lowest BCUT2D eigenvalue weighted by molar-refractivity contribution is -0.173. The summed E-state index contributed by atoms with van der Waals surface area (Å²) in [7, 11) is 0. The largest absolute Gasteiger partial charge is 0.430 e. The molecule has 0 aliphatic carbocycles. The molecule has 19 heavy (non-hydrogen) atoms. The van der Waals surface area contributed by atoms with Gasteiger partial charge in [0.15, 0.2) is 0 Å². The van der Waals surface area contributed by atoms with Crippen LogP contribution in [0.15, 0.2) is 11.6 Å². The summed E-state index contributed by atoms with van der Waals surface area (Å²) in [5.74, 6) is -0.503. The summed E-state index contributed by atoms with van der Waals surface area (Å²) in [5.41, 5.74) is 0.516. The van der Waals surface area contributed by atoms with Crippen LogP contribution in [0.25, 0.3) is 0 Å². The molecule has 112 valence electrons. The van der Waals surface area contributed by atoms with E-state index in [1.165, 1.54) is 0 Å². The van der Waals surface area contributed by atoms with Gasteiger partial charge in [0.2, 0.25) is 6.29 Å². The fourth-order valence-electron chi connectivity index (χ4n) is 1.30. The van der Waals surface area contributed by atoms with Gasteiger partial charge < -0.3 is 19.3 Å². The smallest absolute Gasteiger partial charge is 0.335 e. The molecule has 1 unspecified atom stereocenters. The molecule has 0 saturated heterocycles. The zero-order valence-electron chi connectivity index (χ0n) is 12.2. The van der Waals surface area contributed by atoms with Gasteiger partial charge >= 0.3 is 5.97 Å². The van der Waals surface area contributed by atoms with Gasteiger partial charge in [0, 0.05) is 12.2 Å². The average molecular weight is 274 g/mol. The normalized spacial score (nSPS) is 13.4. The highest BCUT2D eigenvalue weighted by Crippen LogP contribution is 2.04. The quantitative estimate of drug-likeness (QED) is 0.270. The van der Waals surface area contributed by atoms with Gasteiger partial charge in [-0.25, -0.2) is 4.79 Å². The summed E-state index contributed by atoms with van der Waals surface area (Å²) in [6.07, 6.45) is 3.55. The molecule has 0 spiro atoms. The molecule has 0 rings (SSSR count). The van der Waals surface area contributed by atoms with Crippen molar-refractivity contribution in [2.45, 2.75) is 46.3 Å². The van der Waals surface area contributed by atoms with Gasteiger partial charge in [-0.05, 0) is 20.3 Å². The van der Waals surface area contributed by atoms with E-state index in [2.05, 4.69) is 6.92 Å². The van der Waals surface area contributed by atoms with Crippen molar-refractivity contribution in [3.05, 3.63) is 11.6 Å². The summed E-state index contributed by atoms with van der Waals surface area (Å²) >= 11 is 0. The number of aliphatic hydroxyl groups excluding tert-OH is 1. The molecule has 0 aliphatic rings. The zero-order valence-corrected chi connectivity index (χ0v) is 12.2. The molecule has 0 aliphatic heterocycles. The van der Waals surface area contributed by atoms with Crippen molar-refractivity contribution < 1.29 is 24.1 Å². The number of esters is 1. The number of aliphatic hydroxyl groups is 1. The summed E-state index contributed by atoms with van der Waals surface area (Å²) in [4.78, 5) is 11.6. The summed E-state index contributed by atoms with van der Waals surface area (Å²) in [5, 5.41) is 9.46. The molecule has 0 heterocycles. The third-order valence-corrected chi connectivity index (χ3v) is 2.41. The molecule has 0 fully saturated rings. The van der Waals surface area contributed by atoms with Crippen LogP contribution in [0.2, 0.25) is 0 Å². The molecule has 1 atom stereocenters. The lowest BCUT2D eigenvalue weighted by Gasteiger charge is -2.12. The Kier molecular flexibility index (Phi) is 11.6. The molecule has 0 radical (unpaired) electrons. The second-order valence-electron chi connectivity index (χ2n) is 4.16. The van der Waals surface area contributed by atoms with Crippen LogP contribution in [0.1, 0.15) is 40.0 Å².